The maximum atomic E-state index is 11.7. The lowest BCUT2D eigenvalue weighted by atomic mass is 9.81. The normalized spacial score (nSPS) is 23.0. The number of ether oxygens (including phenoxy) is 1. The van der Waals surface area contributed by atoms with E-state index in [2.05, 4.69) is 0 Å². The second-order valence-electron chi connectivity index (χ2n) is 5.26. The first-order chi connectivity index (χ1) is 9.20. The van der Waals surface area contributed by atoms with Gasteiger partial charge in [0.05, 0.1) is 0 Å². The zero-order valence-electron chi connectivity index (χ0n) is 11.5. The summed E-state index contributed by atoms with van der Waals surface area (Å²) in [7, 11) is 0. The van der Waals surface area contributed by atoms with E-state index in [4.69, 9.17) is 4.74 Å². The molecule has 1 saturated carbocycles. The Balaban J connectivity index is 2.07. The van der Waals surface area contributed by atoms with E-state index in [1.807, 2.05) is 19.1 Å². The molecule has 2 unspecified atom stereocenters. The van der Waals surface area contributed by atoms with Crippen LogP contribution in [0.15, 0.2) is 24.3 Å². The summed E-state index contributed by atoms with van der Waals surface area (Å²) in [5.74, 6) is 0.465. The van der Waals surface area contributed by atoms with Crippen molar-refractivity contribution in [2.75, 3.05) is 0 Å². The molecule has 3 nitrogen and oxygen atoms in total. The van der Waals surface area contributed by atoms with Gasteiger partial charge in [-0.1, -0.05) is 25.5 Å². The summed E-state index contributed by atoms with van der Waals surface area (Å²) in [5, 5.41) is 9.35. The van der Waals surface area contributed by atoms with Gasteiger partial charge in [0.1, 0.15) is 11.9 Å². The van der Waals surface area contributed by atoms with E-state index in [-0.39, 0.29) is 23.7 Å². The summed E-state index contributed by atoms with van der Waals surface area (Å²) >= 11 is 0. The molecule has 0 heterocycles. The van der Waals surface area contributed by atoms with Crippen molar-refractivity contribution >= 4 is 5.97 Å². The van der Waals surface area contributed by atoms with E-state index < -0.39 is 0 Å². The van der Waals surface area contributed by atoms with Gasteiger partial charge in [0.25, 0.3) is 0 Å². The number of hydrogen-bond donors (Lipinski definition) is 1. The molecule has 0 spiro atoms. The highest BCUT2D eigenvalue weighted by atomic mass is 16.5. The predicted molar refractivity (Wildman–Crippen MR) is 74.1 cm³/mol. The molecule has 1 aliphatic carbocycles. The number of phenols is 1. The predicted octanol–water partition coefficient (Wildman–Crippen LogP) is 3.76. The average molecular weight is 262 g/mol. The quantitative estimate of drug-likeness (QED) is 0.840. The third kappa shape index (κ3) is 3.72. The second kappa shape index (κ2) is 6.60. The van der Waals surface area contributed by atoms with E-state index in [1.54, 1.807) is 12.1 Å². The molecule has 0 radical (unpaired) electrons. The minimum absolute atomic E-state index is 0.00246. The van der Waals surface area contributed by atoms with E-state index >= 15 is 0 Å². The third-order valence-corrected chi connectivity index (χ3v) is 3.76. The SMILES string of the molecule is CCCC(=O)OC1CCCCC1c1ccc(O)cc1. The highest BCUT2D eigenvalue weighted by molar-refractivity contribution is 5.69. The zero-order valence-corrected chi connectivity index (χ0v) is 11.5. The molecule has 1 aliphatic rings. The molecule has 0 bridgehead atoms. The summed E-state index contributed by atoms with van der Waals surface area (Å²) in [6.07, 6.45) is 5.62. The number of esters is 1. The Hall–Kier alpha value is -1.51. The number of aromatic hydroxyl groups is 1. The van der Waals surface area contributed by atoms with Gasteiger partial charge in [-0.2, -0.15) is 0 Å². The number of carbonyl (C=O) groups is 1. The minimum Gasteiger partial charge on any atom is -0.508 e. The first-order valence-corrected chi connectivity index (χ1v) is 7.19. The maximum Gasteiger partial charge on any atom is 0.306 e. The molecule has 0 saturated heterocycles. The minimum atomic E-state index is -0.0850. The molecule has 3 heteroatoms. The van der Waals surface area contributed by atoms with Crippen molar-refractivity contribution in [2.45, 2.75) is 57.5 Å². The van der Waals surface area contributed by atoms with Crippen molar-refractivity contribution in [2.24, 2.45) is 0 Å². The number of phenolic OH excluding ortho intramolecular Hbond substituents is 1. The van der Waals surface area contributed by atoms with Crippen molar-refractivity contribution in [1.29, 1.82) is 0 Å². The zero-order chi connectivity index (χ0) is 13.7. The van der Waals surface area contributed by atoms with E-state index in [0.717, 1.165) is 31.2 Å². The van der Waals surface area contributed by atoms with Crippen LogP contribution in [0.2, 0.25) is 0 Å². The largest absolute Gasteiger partial charge is 0.508 e. The average Bonchev–Trinajstić information content (AvgIpc) is 2.41. The van der Waals surface area contributed by atoms with E-state index in [1.165, 1.54) is 6.42 Å². The molecule has 0 aromatic heterocycles. The number of benzene rings is 1. The lowest BCUT2D eigenvalue weighted by Crippen LogP contribution is -2.28. The van der Waals surface area contributed by atoms with Crippen LogP contribution < -0.4 is 0 Å². The first-order valence-electron chi connectivity index (χ1n) is 7.19. The monoisotopic (exact) mass is 262 g/mol. The second-order valence-corrected chi connectivity index (χ2v) is 5.26. The molecule has 104 valence electrons. The molecule has 0 aliphatic heterocycles. The van der Waals surface area contributed by atoms with Gasteiger partial charge in [-0.05, 0) is 43.4 Å². The lowest BCUT2D eigenvalue weighted by molar-refractivity contribution is -0.151. The number of rotatable bonds is 4. The smallest absolute Gasteiger partial charge is 0.306 e. The summed E-state index contributed by atoms with van der Waals surface area (Å²) in [5.41, 5.74) is 1.16. The first kappa shape index (κ1) is 13.9. The Morgan fingerprint density at radius 3 is 2.63 bits per heavy atom. The molecule has 1 aromatic carbocycles. The summed E-state index contributed by atoms with van der Waals surface area (Å²) in [6, 6.07) is 7.28. The fraction of sp³-hybridized carbons (Fsp3) is 0.562. The highest BCUT2D eigenvalue weighted by Crippen LogP contribution is 2.35. The molecule has 1 aromatic rings. The molecule has 2 atom stereocenters. The molecule has 19 heavy (non-hydrogen) atoms. The van der Waals surface area contributed by atoms with Crippen LogP contribution in [0.3, 0.4) is 0 Å². The molecular weight excluding hydrogens is 240 g/mol. The highest BCUT2D eigenvalue weighted by Gasteiger charge is 2.29. The van der Waals surface area contributed by atoms with Crippen LogP contribution in [0.1, 0.15) is 56.9 Å². The topological polar surface area (TPSA) is 46.5 Å². The van der Waals surface area contributed by atoms with Crippen LogP contribution in [-0.4, -0.2) is 17.2 Å². The lowest BCUT2D eigenvalue weighted by Gasteiger charge is -2.31. The van der Waals surface area contributed by atoms with Crippen molar-refractivity contribution in [3.05, 3.63) is 29.8 Å². The van der Waals surface area contributed by atoms with E-state index in [0.29, 0.717) is 6.42 Å². The van der Waals surface area contributed by atoms with Crippen molar-refractivity contribution in [3.63, 3.8) is 0 Å². The van der Waals surface area contributed by atoms with Crippen molar-refractivity contribution in [1.82, 2.24) is 0 Å². The Morgan fingerprint density at radius 2 is 1.95 bits per heavy atom. The van der Waals surface area contributed by atoms with Crippen LogP contribution in [0, 0.1) is 0 Å². The van der Waals surface area contributed by atoms with Gasteiger partial charge in [-0.25, -0.2) is 0 Å². The fourth-order valence-electron chi connectivity index (χ4n) is 2.77. The van der Waals surface area contributed by atoms with Crippen molar-refractivity contribution < 1.29 is 14.6 Å². The van der Waals surface area contributed by atoms with Gasteiger partial charge in [-0.15, -0.1) is 0 Å². The van der Waals surface area contributed by atoms with Crippen LogP contribution in [0.25, 0.3) is 0 Å². The summed E-state index contributed by atoms with van der Waals surface area (Å²) in [6.45, 7) is 1.99. The van der Waals surface area contributed by atoms with Crippen LogP contribution in [-0.2, 0) is 9.53 Å². The van der Waals surface area contributed by atoms with Gasteiger partial charge in [0.2, 0.25) is 0 Å². The molecular formula is C16H22O3. The Bertz CT molecular complexity index is 411. The molecule has 1 N–H and O–H groups in total. The van der Waals surface area contributed by atoms with Crippen LogP contribution in [0.5, 0.6) is 5.75 Å². The molecule has 2 rings (SSSR count). The summed E-state index contributed by atoms with van der Waals surface area (Å²) < 4.78 is 5.63. The third-order valence-electron chi connectivity index (χ3n) is 3.76. The van der Waals surface area contributed by atoms with Gasteiger partial charge >= 0.3 is 5.97 Å². The Morgan fingerprint density at radius 1 is 1.26 bits per heavy atom. The van der Waals surface area contributed by atoms with Gasteiger partial charge in [0, 0.05) is 12.3 Å². The number of carbonyl (C=O) groups excluding carboxylic acids is 1. The van der Waals surface area contributed by atoms with Crippen LogP contribution >= 0.6 is 0 Å². The van der Waals surface area contributed by atoms with Crippen LogP contribution in [0.4, 0.5) is 0 Å². The Kier molecular flexibility index (Phi) is 4.83. The standard InChI is InChI=1S/C16H22O3/c1-2-5-16(18)19-15-7-4-3-6-14(15)12-8-10-13(17)11-9-12/h8-11,14-15,17H,2-7H2,1H3. The van der Waals surface area contributed by atoms with Gasteiger partial charge in [0.15, 0.2) is 0 Å². The molecule has 1 fully saturated rings. The Labute approximate surface area is 114 Å². The van der Waals surface area contributed by atoms with Crippen molar-refractivity contribution in [3.8, 4) is 5.75 Å². The van der Waals surface area contributed by atoms with Gasteiger partial charge in [-0.3, -0.25) is 4.79 Å². The maximum absolute atomic E-state index is 11.7. The fourth-order valence-corrected chi connectivity index (χ4v) is 2.77. The van der Waals surface area contributed by atoms with Gasteiger partial charge < -0.3 is 9.84 Å². The van der Waals surface area contributed by atoms with E-state index in [9.17, 15) is 9.90 Å². The molecule has 0 amide bonds. The summed E-state index contributed by atoms with van der Waals surface area (Å²) in [4.78, 5) is 11.7. The number of hydrogen-bond acceptors (Lipinski definition) is 3.